The number of H-pyrrole nitrogens is 1. The molecule has 2 aromatic heterocycles. The lowest BCUT2D eigenvalue weighted by molar-refractivity contribution is 0.178. The Labute approximate surface area is 163 Å². The van der Waals surface area contributed by atoms with E-state index in [4.69, 9.17) is 0 Å². The number of nitrogens with zero attached hydrogens (tertiary/aromatic N) is 6. The van der Waals surface area contributed by atoms with Crippen molar-refractivity contribution in [3.8, 4) is 28.1 Å². The van der Waals surface area contributed by atoms with Crippen molar-refractivity contribution < 1.29 is 5.11 Å². The molecule has 2 saturated heterocycles. The maximum Gasteiger partial charge on any atom is 0.245 e. The van der Waals surface area contributed by atoms with E-state index < -0.39 is 0 Å². The van der Waals surface area contributed by atoms with Crippen LogP contribution in [-0.2, 0) is 0 Å². The smallest absolute Gasteiger partial charge is 0.245 e. The summed E-state index contributed by atoms with van der Waals surface area (Å²) < 4.78 is 0. The minimum absolute atomic E-state index is 0.151. The first-order chi connectivity index (χ1) is 13.7. The number of hydrogen-bond acceptors (Lipinski definition) is 7. The number of aromatic nitrogens is 5. The molecule has 3 aromatic rings. The van der Waals surface area contributed by atoms with E-state index in [1.807, 2.05) is 12.1 Å². The maximum absolute atomic E-state index is 10.4. The monoisotopic (exact) mass is 377 g/mol. The molecule has 2 fully saturated rings. The van der Waals surface area contributed by atoms with Gasteiger partial charge in [-0.3, -0.25) is 5.10 Å². The van der Waals surface area contributed by atoms with Crippen LogP contribution < -0.4 is 4.90 Å². The lowest BCUT2D eigenvalue weighted by Crippen LogP contribution is -2.37. The Bertz CT molecular complexity index is 957. The summed E-state index contributed by atoms with van der Waals surface area (Å²) in [6, 6.07) is 5.47. The molecular formula is C20H23N7O. The molecule has 8 nitrogen and oxygen atoms in total. The van der Waals surface area contributed by atoms with Crippen LogP contribution in [0.4, 0.5) is 5.95 Å². The summed E-state index contributed by atoms with van der Waals surface area (Å²) in [5, 5.41) is 25.9. The van der Waals surface area contributed by atoms with Crippen LogP contribution >= 0.6 is 0 Å². The van der Waals surface area contributed by atoms with Crippen molar-refractivity contribution in [3.05, 3.63) is 36.8 Å². The van der Waals surface area contributed by atoms with E-state index in [2.05, 4.69) is 42.2 Å². The van der Waals surface area contributed by atoms with Gasteiger partial charge in [0.1, 0.15) is 11.4 Å². The van der Waals surface area contributed by atoms with E-state index in [0.29, 0.717) is 23.1 Å². The number of benzene rings is 1. The summed E-state index contributed by atoms with van der Waals surface area (Å²) in [5.74, 6) is 2.23. The van der Waals surface area contributed by atoms with Gasteiger partial charge in [0.15, 0.2) is 0 Å². The van der Waals surface area contributed by atoms with Crippen LogP contribution in [-0.4, -0.2) is 68.6 Å². The van der Waals surface area contributed by atoms with Gasteiger partial charge in [-0.15, -0.1) is 10.2 Å². The van der Waals surface area contributed by atoms with Crippen LogP contribution in [0, 0.1) is 11.8 Å². The summed E-state index contributed by atoms with van der Waals surface area (Å²) in [4.78, 5) is 9.19. The Morgan fingerprint density at radius 1 is 1.07 bits per heavy atom. The predicted molar refractivity (Wildman–Crippen MR) is 106 cm³/mol. The molecule has 0 bridgehead atoms. The average Bonchev–Trinajstić information content (AvgIpc) is 3.38. The largest absolute Gasteiger partial charge is 0.507 e. The minimum Gasteiger partial charge on any atom is -0.507 e. The number of piperidine rings is 1. The van der Waals surface area contributed by atoms with Gasteiger partial charge in [-0.2, -0.15) is 5.10 Å². The standard InChI is InChI=1S/C20H23N7O/c1-26-5-4-14-11-27(12-16(14)10-26)20-21-9-18(24-25-20)17-3-2-13(6-19(17)28)15-7-22-23-8-15/h2-3,6-9,14,16,28H,4-5,10-12H2,1H3,(H,22,23). The summed E-state index contributed by atoms with van der Waals surface area (Å²) >= 11 is 0. The van der Waals surface area contributed by atoms with Crippen molar-refractivity contribution in [1.29, 1.82) is 0 Å². The summed E-state index contributed by atoms with van der Waals surface area (Å²) in [7, 11) is 2.19. The van der Waals surface area contributed by atoms with Crippen molar-refractivity contribution in [2.75, 3.05) is 38.1 Å². The molecule has 2 N–H and O–H groups in total. The van der Waals surface area contributed by atoms with E-state index in [9.17, 15) is 5.11 Å². The molecule has 4 heterocycles. The van der Waals surface area contributed by atoms with Crippen molar-refractivity contribution >= 4 is 5.95 Å². The minimum atomic E-state index is 0.151. The third kappa shape index (κ3) is 3.09. The number of fused-ring (bicyclic) bond motifs is 1. The molecule has 144 valence electrons. The second-order valence-corrected chi connectivity index (χ2v) is 7.84. The van der Waals surface area contributed by atoms with Crippen LogP contribution in [0.5, 0.6) is 5.75 Å². The number of phenolic OH excluding ortho intramolecular Hbond substituents is 1. The molecule has 5 rings (SSSR count). The first-order valence-electron chi connectivity index (χ1n) is 9.63. The van der Waals surface area contributed by atoms with E-state index in [-0.39, 0.29) is 5.75 Å². The number of anilines is 1. The number of aromatic hydroxyl groups is 1. The molecule has 2 unspecified atom stereocenters. The second kappa shape index (κ2) is 6.87. The molecule has 0 aliphatic carbocycles. The zero-order valence-corrected chi connectivity index (χ0v) is 15.8. The fourth-order valence-corrected chi connectivity index (χ4v) is 4.39. The van der Waals surface area contributed by atoms with Gasteiger partial charge in [0, 0.05) is 37.0 Å². The number of phenols is 1. The quantitative estimate of drug-likeness (QED) is 0.721. The van der Waals surface area contributed by atoms with Crippen molar-refractivity contribution in [2.45, 2.75) is 6.42 Å². The fourth-order valence-electron chi connectivity index (χ4n) is 4.39. The molecule has 2 aliphatic heterocycles. The molecule has 28 heavy (non-hydrogen) atoms. The first-order valence-corrected chi connectivity index (χ1v) is 9.63. The Kier molecular flexibility index (Phi) is 4.20. The van der Waals surface area contributed by atoms with Crippen molar-refractivity contribution in [1.82, 2.24) is 30.3 Å². The molecule has 0 amide bonds. The van der Waals surface area contributed by atoms with E-state index >= 15 is 0 Å². The number of aromatic amines is 1. The van der Waals surface area contributed by atoms with Gasteiger partial charge >= 0.3 is 0 Å². The highest BCUT2D eigenvalue weighted by Gasteiger charge is 2.37. The molecule has 0 saturated carbocycles. The van der Waals surface area contributed by atoms with Crippen LogP contribution in [0.2, 0.25) is 0 Å². The maximum atomic E-state index is 10.4. The van der Waals surface area contributed by atoms with Crippen LogP contribution in [0.25, 0.3) is 22.4 Å². The molecular weight excluding hydrogens is 354 g/mol. The first kappa shape index (κ1) is 17.1. The van der Waals surface area contributed by atoms with E-state index in [1.54, 1.807) is 24.7 Å². The average molecular weight is 377 g/mol. The predicted octanol–water partition coefficient (Wildman–Crippen LogP) is 2.02. The molecule has 0 spiro atoms. The third-order valence-electron chi connectivity index (χ3n) is 5.94. The molecule has 1 aromatic carbocycles. The zero-order chi connectivity index (χ0) is 19.1. The Hall–Kier alpha value is -3.00. The van der Waals surface area contributed by atoms with Crippen molar-refractivity contribution in [2.24, 2.45) is 11.8 Å². The topological polar surface area (TPSA) is 94.1 Å². The SMILES string of the molecule is CN1CCC2CN(c3ncc(-c4ccc(-c5cn[nH]c5)cc4O)nn3)CC2C1. The summed E-state index contributed by atoms with van der Waals surface area (Å²) in [6.45, 7) is 4.30. The summed E-state index contributed by atoms with van der Waals surface area (Å²) in [5.41, 5.74) is 2.99. The van der Waals surface area contributed by atoms with E-state index in [0.717, 1.165) is 36.7 Å². The second-order valence-electron chi connectivity index (χ2n) is 7.84. The van der Waals surface area contributed by atoms with Crippen LogP contribution in [0.3, 0.4) is 0 Å². The van der Waals surface area contributed by atoms with Gasteiger partial charge in [-0.05, 0) is 49.5 Å². The van der Waals surface area contributed by atoms with Gasteiger partial charge in [0.05, 0.1) is 12.4 Å². The lowest BCUT2D eigenvalue weighted by atomic mass is 9.89. The van der Waals surface area contributed by atoms with Gasteiger partial charge in [-0.1, -0.05) is 6.07 Å². The summed E-state index contributed by atoms with van der Waals surface area (Å²) in [6.07, 6.45) is 6.44. The van der Waals surface area contributed by atoms with Gasteiger partial charge in [-0.25, -0.2) is 4.98 Å². The van der Waals surface area contributed by atoms with Crippen LogP contribution in [0.1, 0.15) is 6.42 Å². The molecule has 8 heteroatoms. The highest BCUT2D eigenvalue weighted by atomic mass is 16.3. The normalized spacial score (nSPS) is 22.4. The molecule has 2 aliphatic rings. The van der Waals surface area contributed by atoms with Gasteiger partial charge in [0.25, 0.3) is 0 Å². The Morgan fingerprint density at radius 2 is 1.96 bits per heavy atom. The van der Waals surface area contributed by atoms with Crippen LogP contribution in [0.15, 0.2) is 36.8 Å². The van der Waals surface area contributed by atoms with E-state index in [1.165, 1.54) is 13.0 Å². The lowest BCUT2D eigenvalue weighted by Gasteiger charge is -2.31. The number of likely N-dealkylation sites (tertiary alicyclic amines) is 1. The van der Waals surface area contributed by atoms with Gasteiger partial charge < -0.3 is 14.9 Å². The molecule has 2 atom stereocenters. The highest BCUT2D eigenvalue weighted by Crippen LogP contribution is 2.34. The zero-order valence-electron chi connectivity index (χ0n) is 15.8. The van der Waals surface area contributed by atoms with Crippen molar-refractivity contribution in [3.63, 3.8) is 0 Å². The van der Waals surface area contributed by atoms with Gasteiger partial charge in [0.2, 0.25) is 5.95 Å². The number of rotatable bonds is 3. The number of nitrogens with one attached hydrogen (secondary N) is 1. The fraction of sp³-hybridized carbons (Fsp3) is 0.400. The molecule has 0 radical (unpaired) electrons. The Morgan fingerprint density at radius 3 is 2.71 bits per heavy atom. The third-order valence-corrected chi connectivity index (χ3v) is 5.94. The number of hydrogen-bond donors (Lipinski definition) is 2. The highest BCUT2D eigenvalue weighted by molar-refractivity contribution is 5.73. The Balaban J connectivity index is 1.34.